The van der Waals surface area contributed by atoms with E-state index in [-0.39, 0.29) is 10.9 Å². The maximum atomic E-state index is 13.5. The third kappa shape index (κ3) is 6.68. The van der Waals surface area contributed by atoms with Crippen LogP contribution in [0.5, 0.6) is 0 Å². The number of unbranched alkanes of at least 4 members (excludes halogenated alkanes) is 1. The number of hydrogen-bond donors (Lipinski definition) is 3. The summed E-state index contributed by atoms with van der Waals surface area (Å²) in [5, 5.41) is 9.93. The molecule has 184 valence electrons. The predicted molar refractivity (Wildman–Crippen MR) is 141 cm³/mol. The molecule has 35 heavy (non-hydrogen) atoms. The molecule has 3 aromatic rings. The van der Waals surface area contributed by atoms with Crippen LogP contribution in [0, 0.1) is 5.82 Å². The molecule has 0 saturated carbocycles. The number of amides is 1. The van der Waals surface area contributed by atoms with E-state index in [2.05, 4.69) is 30.8 Å². The standard InChI is InChI=1S/C26H30ClFN6O/c1-29-23-16-22-19(26(31-17-30-22)32-18-9-10-21(28)20(27)14-18)15-24(23)33-25(35)8-4-2-5-11-34-12-6-3-7-13-34/h4,8-10,14-17,29H,2-3,5-7,11-13H2,1H3,(H,33,35)(H,30,31,32). The SMILES string of the molecule is CNc1cc2ncnc(Nc3ccc(F)c(Cl)c3)c2cc1NC(=O)C=CCCCN1CCCCC1. The minimum Gasteiger partial charge on any atom is -0.386 e. The van der Waals surface area contributed by atoms with E-state index in [1.54, 1.807) is 19.2 Å². The van der Waals surface area contributed by atoms with Gasteiger partial charge in [0.1, 0.15) is 18.0 Å². The first-order valence-corrected chi connectivity index (χ1v) is 12.3. The summed E-state index contributed by atoms with van der Waals surface area (Å²) in [6, 6.07) is 8.02. The Hall–Kier alpha value is -3.23. The second kappa shape index (κ2) is 12.0. The van der Waals surface area contributed by atoms with Crippen LogP contribution in [0.2, 0.25) is 5.02 Å². The summed E-state index contributed by atoms with van der Waals surface area (Å²) in [6.07, 6.45) is 10.8. The molecular formula is C26H30ClFN6O. The van der Waals surface area contributed by atoms with Crippen LogP contribution >= 0.6 is 11.6 Å². The quantitative estimate of drug-likeness (QED) is 0.250. The third-order valence-corrected chi connectivity index (χ3v) is 6.34. The molecule has 0 radical (unpaired) electrons. The van der Waals surface area contributed by atoms with Crippen molar-refractivity contribution in [1.82, 2.24) is 14.9 Å². The van der Waals surface area contributed by atoms with Gasteiger partial charge in [0.05, 0.1) is 21.9 Å². The third-order valence-electron chi connectivity index (χ3n) is 6.05. The molecule has 3 N–H and O–H groups in total. The molecule has 0 unspecified atom stereocenters. The molecule has 0 atom stereocenters. The van der Waals surface area contributed by atoms with E-state index in [4.69, 9.17) is 11.6 Å². The Bertz CT molecular complexity index is 1210. The number of nitrogens with one attached hydrogen (secondary N) is 3. The molecule has 1 aromatic heterocycles. The predicted octanol–water partition coefficient (Wildman–Crippen LogP) is 5.97. The van der Waals surface area contributed by atoms with Crippen LogP contribution < -0.4 is 16.0 Å². The fraction of sp³-hybridized carbons (Fsp3) is 0.346. The summed E-state index contributed by atoms with van der Waals surface area (Å²) in [6.45, 7) is 3.46. The van der Waals surface area contributed by atoms with E-state index in [0.29, 0.717) is 28.1 Å². The highest BCUT2D eigenvalue weighted by Gasteiger charge is 2.12. The van der Waals surface area contributed by atoms with Crippen molar-refractivity contribution in [2.45, 2.75) is 32.1 Å². The number of benzene rings is 2. The van der Waals surface area contributed by atoms with Crippen molar-refractivity contribution in [2.75, 3.05) is 42.6 Å². The first-order chi connectivity index (χ1) is 17.0. The lowest BCUT2D eigenvalue weighted by Gasteiger charge is -2.25. The van der Waals surface area contributed by atoms with Crippen LogP contribution in [-0.4, -0.2) is 47.5 Å². The fourth-order valence-electron chi connectivity index (χ4n) is 4.20. The molecule has 1 aliphatic rings. The lowest BCUT2D eigenvalue weighted by atomic mass is 10.1. The second-order valence-electron chi connectivity index (χ2n) is 8.58. The lowest BCUT2D eigenvalue weighted by Crippen LogP contribution is -2.30. The Morgan fingerprint density at radius 2 is 1.97 bits per heavy atom. The van der Waals surface area contributed by atoms with E-state index < -0.39 is 5.82 Å². The molecule has 2 aromatic carbocycles. The van der Waals surface area contributed by atoms with Crippen molar-refractivity contribution < 1.29 is 9.18 Å². The molecule has 1 amide bonds. The van der Waals surface area contributed by atoms with Gasteiger partial charge in [0.2, 0.25) is 5.91 Å². The largest absolute Gasteiger partial charge is 0.386 e. The van der Waals surface area contributed by atoms with Gasteiger partial charge >= 0.3 is 0 Å². The number of halogens is 2. The van der Waals surface area contributed by atoms with Gasteiger partial charge in [0.25, 0.3) is 0 Å². The van der Waals surface area contributed by atoms with Crippen molar-refractivity contribution in [3.8, 4) is 0 Å². The molecule has 9 heteroatoms. The van der Waals surface area contributed by atoms with E-state index in [0.717, 1.165) is 25.1 Å². The van der Waals surface area contributed by atoms with E-state index >= 15 is 0 Å². The number of carbonyl (C=O) groups is 1. The summed E-state index contributed by atoms with van der Waals surface area (Å²) in [5.41, 5.74) is 2.62. The van der Waals surface area contributed by atoms with Crippen molar-refractivity contribution in [3.63, 3.8) is 0 Å². The maximum Gasteiger partial charge on any atom is 0.248 e. The molecule has 2 heterocycles. The number of aromatic nitrogens is 2. The molecule has 1 aliphatic heterocycles. The van der Waals surface area contributed by atoms with Crippen LogP contribution in [0.3, 0.4) is 0 Å². The Morgan fingerprint density at radius 1 is 1.14 bits per heavy atom. The van der Waals surface area contributed by atoms with Gasteiger partial charge in [-0.3, -0.25) is 4.79 Å². The normalized spacial score (nSPS) is 14.4. The summed E-state index contributed by atoms with van der Waals surface area (Å²) >= 11 is 5.91. The number of carbonyl (C=O) groups excluding carboxylic acids is 1. The number of rotatable bonds is 9. The number of piperidine rings is 1. The second-order valence-corrected chi connectivity index (χ2v) is 8.98. The van der Waals surface area contributed by atoms with Gasteiger partial charge in [-0.25, -0.2) is 14.4 Å². The summed E-state index contributed by atoms with van der Waals surface area (Å²) in [4.78, 5) is 23.8. The molecule has 0 bridgehead atoms. The average molecular weight is 497 g/mol. The van der Waals surface area contributed by atoms with Crippen LogP contribution in [0.1, 0.15) is 32.1 Å². The fourth-order valence-corrected chi connectivity index (χ4v) is 4.38. The van der Waals surface area contributed by atoms with Gasteiger partial charge in [0, 0.05) is 18.1 Å². The zero-order chi connectivity index (χ0) is 24.6. The highest BCUT2D eigenvalue weighted by Crippen LogP contribution is 2.32. The van der Waals surface area contributed by atoms with Gasteiger partial charge < -0.3 is 20.9 Å². The molecule has 4 rings (SSSR count). The number of anilines is 4. The van der Waals surface area contributed by atoms with Gasteiger partial charge in [-0.15, -0.1) is 0 Å². The van der Waals surface area contributed by atoms with Gasteiger partial charge in [-0.2, -0.15) is 0 Å². The first kappa shape index (κ1) is 24.9. The monoisotopic (exact) mass is 496 g/mol. The van der Waals surface area contributed by atoms with Crippen molar-refractivity contribution in [2.24, 2.45) is 0 Å². The minimum absolute atomic E-state index is 0.0153. The number of hydrogen-bond acceptors (Lipinski definition) is 6. The van der Waals surface area contributed by atoms with Crippen LogP contribution in [0.25, 0.3) is 10.9 Å². The highest BCUT2D eigenvalue weighted by atomic mass is 35.5. The Morgan fingerprint density at radius 3 is 2.74 bits per heavy atom. The average Bonchev–Trinajstić information content (AvgIpc) is 2.86. The zero-order valence-electron chi connectivity index (χ0n) is 19.8. The topological polar surface area (TPSA) is 82.2 Å². The highest BCUT2D eigenvalue weighted by molar-refractivity contribution is 6.31. The Labute approximate surface area is 209 Å². The summed E-state index contributed by atoms with van der Waals surface area (Å²) < 4.78 is 13.5. The van der Waals surface area contributed by atoms with Gasteiger partial charge in [0.15, 0.2) is 0 Å². The van der Waals surface area contributed by atoms with E-state index in [9.17, 15) is 9.18 Å². The molecule has 0 aliphatic carbocycles. The van der Waals surface area contributed by atoms with Gasteiger partial charge in [-0.1, -0.05) is 24.1 Å². The van der Waals surface area contributed by atoms with E-state index in [1.165, 1.54) is 50.8 Å². The molecule has 0 spiro atoms. The maximum absolute atomic E-state index is 13.5. The summed E-state index contributed by atoms with van der Waals surface area (Å²) in [7, 11) is 1.79. The minimum atomic E-state index is -0.493. The molecular weight excluding hydrogens is 467 g/mol. The Kier molecular flexibility index (Phi) is 8.50. The summed E-state index contributed by atoms with van der Waals surface area (Å²) in [5.74, 6) is -0.174. The zero-order valence-corrected chi connectivity index (χ0v) is 20.5. The lowest BCUT2D eigenvalue weighted by molar-refractivity contribution is -0.111. The smallest absolute Gasteiger partial charge is 0.248 e. The van der Waals surface area contributed by atoms with Crippen LogP contribution in [0.4, 0.5) is 27.3 Å². The van der Waals surface area contributed by atoms with Crippen LogP contribution in [0.15, 0.2) is 48.8 Å². The van der Waals surface area contributed by atoms with Crippen molar-refractivity contribution >= 4 is 51.3 Å². The van der Waals surface area contributed by atoms with Crippen molar-refractivity contribution in [1.29, 1.82) is 0 Å². The Balaban J connectivity index is 1.44. The number of allylic oxidation sites excluding steroid dienone is 1. The number of nitrogens with zero attached hydrogens (tertiary/aromatic N) is 3. The molecule has 1 fully saturated rings. The number of fused-ring (bicyclic) bond motifs is 1. The first-order valence-electron chi connectivity index (χ1n) is 11.9. The molecule has 1 saturated heterocycles. The van der Waals surface area contributed by atoms with Gasteiger partial charge in [-0.05, 0) is 81.7 Å². The van der Waals surface area contributed by atoms with Crippen molar-refractivity contribution in [3.05, 3.63) is 59.7 Å². The van der Waals surface area contributed by atoms with Crippen LogP contribution in [-0.2, 0) is 4.79 Å². The molecule has 7 nitrogen and oxygen atoms in total. The van der Waals surface area contributed by atoms with E-state index in [1.807, 2.05) is 18.2 Å². The number of likely N-dealkylation sites (tertiary alicyclic amines) is 1.